The van der Waals surface area contributed by atoms with E-state index >= 15 is 0 Å². The second-order valence-corrected chi connectivity index (χ2v) is 5.95. The summed E-state index contributed by atoms with van der Waals surface area (Å²) in [5.74, 6) is 0.865. The molecule has 3 rings (SSSR count). The van der Waals surface area contributed by atoms with Crippen molar-refractivity contribution in [3.63, 3.8) is 0 Å². The summed E-state index contributed by atoms with van der Waals surface area (Å²) in [5, 5.41) is 1.97. The number of aryl methyl sites for hydroxylation is 2. The predicted octanol–water partition coefficient (Wildman–Crippen LogP) is 2.79. The molecule has 0 atom stereocenters. The molecule has 2 N–H and O–H groups in total. The van der Waals surface area contributed by atoms with E-state index in [4.69, 9.17) is 0 Å². The molecule has 1 saturated carbocycles. The largest absolute Gasteiger partial charge is 0.280 e. The van der Waals surface area contributed by atoms with E-state index in [9.17, 15) is 4.79 Å². The maximum absolute atomic E-state index is 12.2. The number of hydrogen-bond acceptors (Lipinski definition) is 5. The third kappa shape index (κ3) is 2.80. The van der Waals surface area contributed by atoms with Crippen LogP contribution >= 0.6 is 11.3 Å². The molecule has 0 aliphatic heterocycles. The Morgan fingerprint density at radius 2 is 2.00 bits per heavy atom. The summed E-state index contributed by atoms with van der Waals surface area (Å²) in [6.07, 6.45) is 2.37. The summed E-state index contributed by atoms with van der Waals surface area (Å²) in [5.41, 5.74) is 8.35. The van der Waals surface area contributed by atoms with Crippen LogP contribution in [0.3, 0.4) is 0 Å². The summed E-state index contributed by atoms with van der Waals surface area (Å²) in [6, 6.07) is 3.93. The van der Waals surface area contributed by atoms with Gasteiger partial charge >= 0.3 is 0 Å². The fourth-order valence-electron chi connectivity index (χ4n) is 2.17. The molecule has 0 saturated heterocycles. The summed E-state index contributed by atoms with van der Waals surface area (Å²) in [4.78, 5) is 21.4. The van der Waals surface area contributed by atoms with Gasteiger partial charge in [0.1, 0.15) is 0 Å². The van der Waals surface area contributed by atoms with Crippen LogP contribution < -0.4 is 10.9 Å². The first-order valence-electron chi connectivity index (χ1n) is 6.59. The van der Waals surface area contributed by atoms with E-state index in [1.54, 1.807) is 0 Å². The molecule has 0 unspecified atom stereocenters. The van der Waals surface area contributed by atoms with Gasteiger partial charge in [0.15, 0.2) is 0 Å². The highest BCUT2D eigenvalue weighted by Crippen LogP contribution is 2.43. The van der Waals surface area contributed by atoms with Crippen LogP contribution in [0.25, 0.3) is 0 Å². The molecule has 104 valence electrons. The van der Waals surface area contributed by atoms with Gasteiger partial charge in [0, 0.05) is 11.4 Å². The van der Waals surface area contributed by atoms with E-state index in [2.05, 4.69) is 20.8 Å². The van der Waals surface area contributed by atoms with Gasteiger partial charge in [-0.3, -0.25) is 15.6 Å². The smallest absolute Gasteiger partial charge is 0.266 e. The van der Waals surface area contributed by atoms with Crippen LogP contribution in [0.4, 0.5) is 5.95 Å². The maximum atomic E-state index is 12.2. The van der Waals surface area contributed by atoms with E-state index < -0.39 is 0 Å². The zero-order valence-electron chi connectivity index (χ0n) is 11.4. The molecule has 1 amide bonds. The Morgan fingerprint density at radius 3 is 2.65 bits per heavy atom. The van der Waals surface area contributed by atoms with Crippen molar-refractivity contribution in [3.8, 4) is 0 Å². The monoisotopic (exact) mass is 288 g/mol. The first-order valence-corrected chi connectivity index (χ1v) is 7.47. The van der Waals surface area contributed by atoms with E-state index in [0.717, 1.165) is 21.8 Å². The van der Waals surface area contributed by atoms with E-state index in [1.807, 2.05) is 31.4 Å². The maximum Gasteiger partial charge on any atom is 0.280 e. The van der Waals surface area contributed by atoms with Crippen molar-refractivity contribution < 1.29 is 4.79 Å². The average Bonchev–Trinajstić information content (AvgIpc) is 3.12. The number of rotatable bonds is 4. The molecule has 1 aliphatic carbocycles. The number of nitrogens with zero attached hydrogens (tertiary/aromatic N) is 2. The van der Waals surface area contributed by atoms with Gasteiger partial charge in [-0.1, -0.05) is 0 Å². The van der Waals surface area contributed by atoms with Gasteiger partial charge in [-0.05, 0) is 55.7 Å². The van der Waals surface area contributed by atoms with Crippen LogP contribution in [-0.4, -0.2) is 15.9 Å². The molecule has 2 aromatic heterocycles. The first-order chi connectivity index (χ1) is 9.63. The second kappa shape index (κ2) is 5.20. The number of carbonyl (C=O) groups is 1. The molecule has 0 bridgehead atoms. The Kier molecular flexibility index (Phi) is 3.40. The van der Waals surface area contributed by atoms with Crippen LogP contribution in [-0.2, 0) is 0 Å². The molecule has 6 heteroatoms. The standard InChI is InChI=1S/C14H16N4OS/c1-8-7-9(2)16-14(15-8)18-17-13(19)12-11(5-6-20-12)10-3-4-10/h5-7,10H,3-4H2,1-2H3,(H,17,19)(H,15,16,18). The van der Waals surface area contributed by atoms with E-state index in [-0.39, 0.29) is 5.91 Å². The van der Waals surface area contributed by atoms with Gasteiger partial charge in [-0.15, -0.1) is 11.3 Å². The number of amides is 1. The molecule has 1 aliphatic rings. The first kappa shape index (κ1) is 13.1. The van der Waals surface area contributed by atoms with Gasteiger partial charge in [0.25, 0.3) is 5.91 Å². The highest BCUT2D eigenvalue weighted by Gasteiger charge is 2.28. The van der Waals surface area contributed by atoms with Gasteiger partial charge in [0.2, 0.25) is 5.95 Å². The molecule has 2 aromatic rings. The minimum absolute atomic E-state index is 0.121. The average molecular weight is 288 g/mol. The number of nitrogens with one attached hydrogen (secondary N) is 2. The molecule has 0 spiro atoms. The molecule has 1 fully saturated rings. The minimum atomic E-state index is -0.121. The summed E-state index contributed by atoms with van der Waals surface area (Å²) >= 11 is 1.47. The van der Waals surface area contributed by atoms with Gasteiger partial charge in [0.05, 0.1) is 4.88 Å². The molecule has 0 radical (unpaired) electrons. The molecule has 20 heavy (non-hydrogen) atoms. The van der Waals surface area contributed by atoms with Crippen molar-refractivity contribution in [3.05, 3.63) is 39.3 Å². The fraction of sp³-hybridized carbons (Fsp3) is 0.357. The second-order valence-electron chi connectivity index (χ2n) is 5.03. The van der Waals surface area contributed by atoms with Crippen LogP contribution in [0, 0.1) is 13.8 Å². The van der Waals surface area contributed by atoms with Gasteiger partial charge < -0.3 is 0 Å². The number of hydrogen-bond donors (Lipinski definition) is 2. The number of hydrazine groups is 1. The van der Waals surface area contributed by atoms with Crippen molar-refractivity contribution in [2.75, 3.05) is 5.43 Å². The Morgan fingerprint density at radius 1 is 1.30 bits per heavy atom. The quantitative estimate of drug-likeness (QED) is 0.849. The number of aromatic nitrogens is 2. The lowest BCUT2D eigenvalue weighted by Gasteiger charge is -2.08. The van der Waals surface area contributed by atoms with E-state index in [0.29, 0.717) is 11.9 Å². The van der Waals surface area contributed by atoms with Crippen molar-refractivity contribution in [1.82, 2.24) is 15.4 Å². The number of carbonyl (C=O) groups excluding carboxylic acids is 1. The molecular weight excluding hydrogens is 272 g/mol. The Labute approximate surface area is 121 Å². The SMILES string of the molecule is Cc1cc(C)nc(NNC(=O)c2sccc2C2CC2)n1. The number of anilines is 1. The highest BCUT2D eigenvalue weighted by atomic mass is 32.1. The zero-order chi connectivity index (χ0) is 14.1. The summed E-state index contributed by atoms with van der Waals surface area (Å²) in [7, 11) is 0. The van der Waals surface area contributed by atoms with Gasteiger partial charge in [-0.25, -0.2) is 9.97 Å². The minimum Gasteiger partial charge on any atom is -0.266 e. The lowest BCUT2D eigenvalue weighted by molar-refractivity contribution is 0.0965. The van der Waals surface area contributed by atoms with Crippen molar-refractivity contribution >= 4 is 23.2 Å². The van der Waals surface area contributed by atoms with Crippen molar-refractivity contribution in [2.45, 2.75) is 32.6 Å². The Balaban J connectivity index is 1.68. The lowest BCUT2D eigenvalue weighted by Crippen LogP contribution is -2.30. The molecule has 5 nitrogen and oxygen atoms in total. The Bertz CT molecular complexity index is 628. The van der Waals surface area contributed by atoms with Crippen LogP contribution in [0.1, 0.15) is 45.4 Å². The topological polar surface area (TPSA) is 66.9 Å². The summed E-state index contributed by atoms with van der Waals surface area (Å²) < 4.78 is 0. The van der Waals surface area contributed by atoms with Crippen LogP contribution in [0.2, 0.25) is 0 Å². The number of thiophene rings is 1. The highest BCUT2D eigenvalue weighted by molar-refractivity contribution is 7.12. The predicted molar refractivity (Wildman–Crippen MR) is 78.9 cm³/mol. The van der Waals surface area contributed by atoms with Crippen LogP contribution in [0.15, 0.2) is 17.5 Å². The van der Waals surface area contributed by atoms with E-state index in [1.165, 1.54) is 24.2 Å². The third-order valence-corrected chi connectivity index (χ3v) is 4.12. The van der Waals surface area contributed by atoms with Crippen LogP contribution in [0.5, 0.6) is 0 Å². The normalized spacial score (nSPS) is 14.1. The molecular formula is C14H16N4OS. The third-order valence-electron chi connectivity index (χ3n) is 3.19. The van der Waals surface area contributed by atoms with Crippen molar-refractivity contribution in [2.24, 2.45) is 0 Å². The molecule has 0 aromatic carbocycles. The Hall–Kier alpha value is -1.95. The van der Waals surface area contributed by atoms with Gasteiger partial charge in [-0.2, -0.15) is 0 Å². The fourth-order valence-corrected chi connectivity index (χ4v) is 3.05. The lowest BCUT2D eigenvalue weighted by atomic mass is 10.1. The van der Waals surface area contributed by atoms with Crippen molar-refractivity contribution in [1.29, 1.82) is 0 Å². The summed E-state index contributed by atoms with van der Waals surface area (Å²) in [6.45, 7) is 3.79. The molecule has 2 heterocycles. The zero-order valence-corrected chi connectivity index (χ0v) is 12.3.